The second-order valence-corrected chi connectivity index (χ2v) is 8.05. The molecule has 0 spiro atoms. The molecule has 1 N–H and O–H groups in total. The van der Waals surface area contributed by atoms with Crippen LogP contribution in [0.5, 0.6) is 0 Å². The number of rotatable bonds is 4. The van der Waals surface area contributed by atoms with E-state index in [1.807, 2.05) is 0 Å². The topological polar surface area (TPSA) is 12.0 Å². The highest BCUT2D eigenvalue weighted by molar-refractivity contribution is 8.06. The van der Waals surface area contributed by atoms with E-state index < -0.39 is 0 Å². The van der Waals surface area contributed by atoms with Gasteiger partial charge in [0.2, 0.25) is 0 Å². The van der Waals surface area contributed by atoms with Crippen LogP contribution in [0.25, 0.3) is 0 Å². The fraction of sp³-hybridized carbons (Fsp3) is 0.625. The summed E-state index contributed by atoms with van der Waals surface area (Å²) < 4.78 is 0. The van der Waals surface area contributed by atoms with Gasteiger partial charge in [-0.3, -0.25) is 0 Å². The quantitative estimate of drug-likeness (QED) is 0.899. The van der Waals surface area contributed by atoms with Gasteiger partial charge in [-0.2, -0.15) is 23.5 Å². The fourth-order valence-electron chi connectivity index (χ4n) is 3.01. The maximum atomic E-state index is 3.56. The van der Waals surface area contributed by atoms with Gasteiger partial charge >= 0.3 is 0 Å². The zero-order valence-electron chi connectivity index (χ0n) is 11.6. The van der Waals surface area contributed by atoms with Gasteiger partial charge in [-0.1, -0.05) is 30.7 Å². The molecule has 1 aromatic carbocycles. The Kier molecular flexibility index (Phi) is 4.78. The van der Waals surface area contributed by atoms with Gasteiger partial charge in [0.05, 0.1) is 0 Å². The molecule has 1 saturated carbocycles. The third-order valence-corrected chi connectivity index (χ3v) is 7.23. The first-order chi connectivity index (χ1) is 9.38. The van der Waals surface area contributed by atoms with Gasteiger partial charge < -0.3 is 5.32 Å². The van der Waals surface area contributed by atoms with Gasteiger partial charge in [0.15, 0.2) is 0 Å². The van der Waals surface area contributed by atoms with E-state index in [1.165, 1.54) is 42.1 Å². The molecule has 0 radical (unpaired) electrons. The van der Waals surface area contributed by atoms with Crippen molar-refractivity contribution in [3.63, 3.8) is 0 Å². The first-order valence-electron chi connectivity index (χ1n) is 7.35. The molecule has 2 fully saturated rings. The van der Waals surface area contributed by atoms with E-state index in [2.05, 4.69) is 60.2 Å². The Morgan fingerprint density at radius 2 is 2.16 bits per heavy atom. The van der Waals surface area contributed by atoms with E-state index in [-0.39, 0.29) is 0 Å². The number of benzene rings is 1. The number of hydrogen-bond acceptors (Lipinski definition) is 3. The van der Waals surface area contributed by atoms with Crippen LogP contribution < -0.4 is 5.32 Å². The molecule has 0 bridgehead atoms. The van der Waals surface area contributed by atoms with Crippen LogP contribution in [-0.4, -0.2) is 29.6 Å². The zero-order valence-corrected chi connectivity index (χ0v) is 13.2. The lowest BCUT2D eigenvalue weighted by molar-refractivity contribution is 0.419. The molecule has 1 saturated heterocycles. The van der Waals surface area contributed by atoms with Gasteiger partial charge in [-0.25, -0.2) is 0 Å². The van der Waals surface area contributed by atoms with Crippen LogP contribution in [-0.2, 0) is 0 Å². The second kappa shape index (κ2) is 6.55. The summed E-state index contributed by atoms with van der Waals surface area (Å²) in [4.78, 5) is 0. The molecule has 104 valence electrons. The van der Waals surface area contributed by atoms with Crippen molar-refractivity contribution < 1.29 is 0 Å². The summed E-state index contributed by atoms with van der Waals surface area (Å²) in [5, 5.41) is 4.28. The molecule has 2 unspecified atom stereocenters. The molecule has 3 rings (SSSR count). The van der Waals surface area contributed by atoms with Crippen LogP contribution in [0.15, 0.2) is 24.3 Å². The molecule has 0 amide bonds. The highest BCUT2D eigenvalue weighted by Gasteiger charge is 2.26. The highest BCUT2D eigenvalue weighted by Crippen LogP contribution is 2.38. The van der Waals surface area contributed by atoms with E-state index in [1.54, 1.807) is 5.56 Å². The summed E-state index contributed by atoms with van der Waals surface area (Å²) in [6.07, 6.45) is 4.20. The summed E-state index contributed by atoms with van der Waals surface area (Å²) in [6, 6.07) is 9.86. The van der Waals surface area contributed by atoms with Crippen LogP contribution in [0.2, 0.25) is 0 Å². The highest BCUT2D eigenvalue weighted by atomic mass is 32.2. The van der Waals surface area contributed by atoms with Gasteiger partial charge in [0.1, 0.15) is 0 Å². The molecule has 1 aromatic rings. The van der Waals surface area contributed by atoms with Crippen molar-refractivity contribution in [1.29, 1.82) is 0 Å². The predicted molar refractivity (Wildman–Crippen MR) is 88.4 cm³/mol. The van der Waals surface area contributed by atoms with Crippen molar-refractivity contribution in [3.8, 4) is 0 Å². The predicted octanol–water partition coefficient (Wildman–Crippen LogP) is 4.06. The summed E-state index contributed by atoms with van der Waals surface area (Å²) in [6.45, 7) is 0. The minimum absolute atomic E-state index is 0.512. The van der Waals surface area contributed by atoms with Gasteiger partial charge in [0.25, 0.3) is 0 Å². The molecule has 1 nitrogen and oxygen atoms in total. The Balaban J connectivity index is 1.77. The fourth-order valence-corrected chi connectivity index (χ4v) is 5.92. The summed E-state index contributed by atoms with van der Waals surface area (Å²) in [5.41, 5.74) is 3.06. The van der Waals surface area contributed by atoms with E-state index in [4.69, 9.17) is 0 Å². The Labute approximate surface area is 125 Å². The van der Waals surface area contributed by atoms with Crippen LogP contribution in [0.1, 0.15) is 42.3 Å². The van der Waals surface area contributed by atoms with E-state index in [0.717, 1.165) is 11.2 Å². The smallest absolute Gasteiger partial charge is 0.0446 e. The molecule has 2 atom stereocenters. The summed E-state index contributed by atoms with van der Waals surface area (Å²) in [5.74, 6) is 4.74. The van der Waals surface area contributed by atoms with Crippen molar-refractivity contribution in [2.75, 3.05) is 24.3 Å². The third-order valence-electron chi connectivity index (χ3n) is 4.37. The normalized spacial score (nSPS) is 25.8. The van der Waals surface area contributed by atoms with E-state index in [0.29, 0.717) is 6.04 Å². The number of thioether (sulfide) groups is 2. The van der Waals surface area contributed by atoms with Crippen LogP contribution >= 0.6 is 23.5 Å². The molecular weight excluding hydrogens is 270 g/mol. The molecule has 1 heterocycles. The molecule has 2 aliphatic rings. The average molecular weight is 294 g/mol. The van der Waals surface area contributed by atoms with E-state index >= 15 is 0 Å². The Hall–Kier alpha value is -0.120. The van der Waals surface area contributed by atoms with Gasteiger partial charge in [0, 0.05) is 28.6 Å². The largest absolute Gasteiger partial charge is 0.312 e. The molecule has 1 aliphatic carbocycles. The van der Waals surface area contributed by atoms with E-state index in [9.17, 15) is 0 Å². The third kappa shape index (κ3) is 3.14. The maximum Gasteiger partial charge on any atom is 0.0446 e. The minimum Gasteiger partial charge on any atom is -0.312 e. The van der Waals surface area contributed by atoms with Crippen LogP contribution in [0.3, 0.4) is 0 Å². The first-order valence-corrected chi connectivity index (χ1v) is 9.55. The van der Waals surface area contributed by atoms with Crippen molar-refractivity contribution in [1.82, 2.24) is 5.32 Å². The Bertz CT molecular complexity index is 411. The number of hydrogen-bond donors (Lipinski definition) is 1. The molecule has 19 heavy (non-hydrogen) atoms. The van der Waals surface area contributed by atoms with Gasteiger partial charge in [-0.05, 0) is 36.9 Å². The Morgan fingerprint density at radius 1 is 1.26 bits per heavy atom. The first kappa shape index (κ1) is 13.8. The van der Waals surface area contributed by atoms with Crippen molar-refractivity contribution in [2.24, 2.45) is 0 Å². The lowest BCUT2D eigenvalue weighted by Gasteiger charge is -2.31. The monoisotopic (exact) mass is 293 g/mol. The van der Waals surface area contributed by atoms with Crippen molar-refractivity contribution >= 4 is 23.5 Å². The molecular formula is C16H23NS2. The molecule has 0 aromatic heterocycles. The van der Waals surface area contributed by atoms with Crippen LogP contribution in [0.4, 0.5) is 0 Å². The summed E-state index contributed by atoms with van der Waals surface area (Å²) in [7, 11) is 2.11. The van der Waals surface area contributed by atoms with Crippen molar-refractivity contribution in [3.05, 3.63) is 35.4 Å². The Morgan fingerprint density at radius 3 is 2.79 bits per heavy atom. The molecule has 1 aliphatic heterocycles. The lowest BCUT2D eigenvalue weighted by Crippen LogP contribution is -2.31. The van der Waals surface area contributed by atoms with Crippen LogP contribution in [0, 0.1) is 0 Å². The minimum atomic E-state index is 0.512. The van der Waals surface area contributed by atoms with Crippen molar-refractivity contribution in [2.45, 2.75) is 36.5 Å². The van der Waals surface area contributed by atoms with Gasteiger partial charge in [-0.15, -0.1) is 0 Å². The molecule has 3 heteroatoms. The summed E-state index contributed by atoms with van der Waals surface area (Å²) >= 11 is 4.25. The second-order valence-electron chi connectivity index (χ2n) is 5.55. The standard InChI is InChI=1S/C16H23NS2/c1-17-16(15-11-18-8-9-19-15)14-7-3-6-13(10-14)12-4-2-5-12/h3,6-7,10,12,15-17H,2,4-5,8-9,11H2,1H3. The number of nitrogens with one attached hydrogen (secondary N) is 1. The lowest BCUT2D eigenvalue weighted by atomic mass is 9.79. The average Bonchev–Trinajstić information content (AvgIpc) is 2.39. The SMILES string of the molecule is CNC(c1cccc(C2CCC2)c1)C1CSCCS1. The zero-order chi connectivity index (χ0) is 13.1. The maximum absolute atomic E-state index is 3.56.